The highest BCUT2D eigenvalue weighted by Crippen LogP contribution is 2.48. The van der Waals surface area contributed by atoms with Gasteiger partial charge in [0, 0.05) is 52.9 Å². The molecule has 6 rings (SSSR count). The number of nitrogens with zero attached hydrogens (tertiary/aromatic N) is 4. The Balaban J connectivity index is 1.27. The van der Waals surface area contributed by atoms with Crippen molar-refractivity contribution in [3.8, 4) is 16.9 Å². The third kappa shape index (κ3) is 5.19. The molecule has 0 spiro atoms. The fraction of sp³-hybridized carbons (Fsp3) is 0.500. The van der Waals surface area contributed by atoms with Crippen LogP contribution in [0.25, 0.3) is 16.9 Å². The Hall–Kier alpha value is -2.05. The van der Waals surface area contributed by atoms with Crippen LogP contribution in [0.3, 0.4) is 0 Å². The highest BCUT2D eigenvalue weighted by Gasteiger charge is 2.45. The molecular weight excluding hydrogens is 563 g/mol. The standard InChI is InChI=1S/C32H37Cl3N4O/c1-3-32(19-22-5-4-6-23(17-22)20-32)38-15-13-37(14-16-38)31(40)29-21(2)30(24-7-9-25(33)10-8-24)39(36-29)28-12-11-26(34)18-27(28)35/h7-12,18,22-23H,3-6,13-17,19-20H2,1-2H3. The molecule has 2 bridgehead atoms. The molecule has 3 aromatic rings. The van der Waals surface area contributed by atoms with Crippen molar-refractivity contribution in [2.24, 2.45) is 11.8 Å². The van der Waals surface area contributed by atoms with Crippen LogP contribution in [0.5, 0.6) is 0 Å². The van der Waals surface area contributed by atoms with Gasteiger partial charge in [0.2, 0.25) is 0 Å². The first-order valence-electron chi connectivity index (χ1n) is 14.6. The molecule has 2 aromatic carbocycles. The van der Waals surface area contributed by atoms with Crippen molar-refractivity contribution >= 4 is 40.7 Å². The monoisotopic (exact) mass is 598 g/mol. The number of hydrogen-bond acceptors (Lipinski definition) is 3. The lowest BCUT2D eigenvalue weighted by molar-refractivity contribution is -0.0346. The SMILES string of the molecule is CCC1(N2CCN(C(=O)c3nn(-c4ccc(Cl)cc4Cl)c(-c4ccc(Cl)cc4)c3C)CC2)CC2CCCC(C2)C1. The number of carbonyl (C=O) groups excluding carboxylic acids is 1. The van der Waals surface area contributed by atoms with Crippen LogP contribution in [0.1, 0.15) is 67.9 Å². The summed E-state index contributed by atoms with van der Waals surface area (Å²) in [5, 5.41) is 6.54. The number of aromatic nitrogens is 2. The van der Waals surface area contributed by atoms with Crippen LogP contribution in [0, 0.1) is 18.8 Å². The molecule has 2 aliphatic carbocycles. The zero-order chi connectivity index (χ0) is 28.0. The summed E-state index contributed by atoms with van der Waals surface area (Å²) in [5.74, 6) is 1.73. The largest absolute Gasteiger partial charge is 0.335 e. The summed E-state index contributed by atoms with van der Waals surface area (Å²) in [6, 6.07) is 12.9. The second kappa shape index (κ2) is 11.3. The molecule has 1 saturated heterocycles. The van der Waals surface area contributed by atoms with Gasteiger partial charge in [0.15, 0.2) is 5.69 Å². The fourth-order valence-electron chi connectivity index (χ4n) is 7.71. The molecule has 2 unspecified atom stereocenters. The van der Waals surface area contributed by atoms with E-state index in [2.05, 4.69) is 11.8 Å². The Bertz CT molecular complexity index is 1380. The second-order valence-corrected chi connectivity index (χ2v) is 13.3. The van der Waals surface area contributed by atoms with Gasteiger partial charge in [-0.05, 0) is 74.8 Å². The van der Waals surface area contributed by atoms with Crippen molar-refractivity contribution < 1.29 is 4.79 Å². The van der Waals surface area contributed by atoms with Gasteiger partial charge in [-0.15, -0.1) is 0 Å². The molecule has 5 nitrogen and oxygen atoms in total. The van der Waals surface area contributed by atoms with E-state index in [4.69, 9.17) is 39.9 Å². The van der Waals surface area contributed by atoms with E-state index in [0.717, 1.165) is 54.8 Å². The average molecular weight is 600 g/mol. The number of benzene rings is 2. The van der Waals surface area contributed by atoms with Crippen molar-refractivity contribution in [2.75, 3.05) is 26.2 Å². The third-order valence-corrected chi connectivity index (χ3v) is 10.5. The first-order chi connectivity index (χ1) is 19.3. The lowest BCUT2D eigenvalue weighted by atomic mass is 9.63. The van der Waals surface area contributed by atoms with E-state index in [1.807, 2.05) is 42.2 Å². The maximum absolute atomic E-state index is 14.0. The molecule has 212 valence electrons. The molecule has 2 heterocycles. The maximum atomic E-state index is 14.0. The van der Waals surface area contributed by atoms with Crippen LogP contribution in [-0.2, 0) is 0 Å². The number of fused-ring (bicyclic) bond motifs is 2. The van der Waals surface area contributed by atoms with Crippen LogP contribution in [0.2, 0.25) is 15.1 Å². The number of halogens is 3. The zero-order valence-electron chi connectivity index (χ0n) is 23.3. The van der Waals surface area contributed by atoms with E-state index in [1.54, 1.807) is 16.8 Å². The van der Waals surface area contributed by atoms with Crippen molar-refractivity contribution in [2.45, 2.75) is 64.3 Å². The van der Waals surface area contributed by atoms with Gasteiger partial charge in [-0.3, -0.25) is 9.69 Å². The van der Waals surface area contributed by atoms with Gasteiger partial charge in [0.1, 0.15) is 0 Å². The first kappa shape index (κ1) is 28.1. The van der Waals surface area contributed by atoms with Gasteiger partial charge < -0.3 is 4.90 Å². The summed E-state index contributed by atoms with van der Waals surface area (Å²) >= 11 is 19.0. The molecule has 2 saturated carbocycles. The molecule has 2 atom stereocenters. The minimum Gasteiger partial charge on any atom is -0.335 e. The second-order valence-electron chi connectivity index (χ2n) is 12.0. The Morgan fingerprint density at radius 1 is 0.950 bits per heavy atom. The van der Waals surface area contributed by atoms with Gasteiger partial charge in [-0.25, -0.2) is 4.68 Å². The minimum atomic E-state index is -0.0257. The summed E-state index contributed by atoms with van der Waals surface area (Å²) in [5.41, 5.74) is 4.00. The Morgan fingerprint density at radius 2 is 1.60 bits per heavy atom. The maximum Gasteiger partial charge on any atom is 0.274 e. The topological polar surface area (TPSA) is 41.4 Å². The smallest absolute Gasteiger partial charge is 0.274 e. The molecule has 1 aromatic heterocycles. The van der Waals surface area contributed by atoms with Gasteiger partial charge in [-0.2, -0.15) is 5.10 Å². The summed E-state index contributed by atoms with van der Waals surface area (Å²) in [6.07, 6.45) is 9.47. The molecule has 3 fully saturated rings. The number of hydrogen-bond donors (Lipinski definition) is 0. The van der Waals surface area contributed by atoms with E-state index in [0.29, 0.717) is 32.0 Å². The van der Waals surface area contributed by atoms with E-state index in [1.165, 1.54) is 44.9 Å². The van der Waals surface area contributed by atoms with Crippen LogP contribution in [0.4, 0.5) is 0 Å². The third-order valence-electron chi connectivity index (χ3n) is 9.70. The number of rotatable bonds is 5. The summed E-state index contributed by atoms with van der Waals surface area (Å²) in [6.45, 7) is 7.63. The highest BCUT2D eigenvalue weighted by molar-refractivity contribution is 6.35. The fourth-order valence-corrected chi connectivity index (χ4v) is 8.32. The van der Waals surface area contributed by atoms with Crippen molar-refractivity contribution in [3.63, 3.8) is 0 Å². The number of piperazine rings is 1. The summed E-state index contributed by atoms with van der Waals surface area (Å²) in [7, 11) is 0. The highest BCUT2D eigenvalue weighted by atomic mass is 35.5. The summed E-state index contributed by atoms with van der Waals surface area (Å²) in [4.78, 5) is 18.7. The molecule has 8 heteroatoms. The summed E-state index contributed by atoms with van der Waals surface area (Å²) < 4.78 is 1.77. The molecule has 0 radical (unpaired) electrons. The molecule has 3 aliphatic rings. The molecular formula is C32H37Cl3N4O. The van der Waals surface area contributed by atoms with Crippen LogP contribution in [-0.4, -0.2) is 57.2 Å². The Kier molecular flexibility index (Phi) is 7.95. The van der Waals surface area contributed by atoms with Crippen LogP contribution in [0.15, 0.2) is 42.5 Å². The Labute approximate surface area is 252 Å². The van der Waals surface area contributed by atoms with E-state index < -0.39 is 0 Å². The van der Waals surface area contributed by atoms with E-state index in [-0.39, 0.29) is 5.91 Å². The molecule has 1 aliphatic heterocycles. The van der Waals surface area contributed by atoms with Gasteiger partial charge in [0.05, 0.1) is 16.4 Å². The van der Waals surface area contributed by atoms with Gasteiger partial charge >= 0.3 is 0 Å². The average Bonchev–Trinajstić information content (AvgIpc) is 3.29. The van der Waals surface area contributed by atoms with Crippen molar-refractivity contribution in [1.82, 2.24) is 19.6 Å². The molecule has 0 N–H and O–H groups in total. The minimum absolute atomic E-state index is 0.0257. The molecule has 1 amide bonds. The molecule has 40 heavy (non-hydrogen) atoms. The predicted molar refractivity (Wildman–Crippen MR) is 164 cm³/mol. The number of carbonyl (C=O) groups is 1. The lowest BCUT2D eigenvalue weighted by Gasteiger charge is -2.54. The Morgan fingerprint density at radius 3 is 2.23 bits per heavy atom. The first-order valence-corrected chi connectivity index (χ1v) is 15.8. The predicted octanol–water partition coefficient (Wildman–Crippen LogP) is 8.31. The lowest BCUT2D eigenvalue weighted by Crippen LogP contribution is -2.60. The van der Waals surface area contributed by atoms with Gasteiger partial charge in [0.25, 0.3) is 5.91 Å². The number of amides is 1. The van der Waals surface area contributed by atoms with E-state index >= 15 is 0 Å². The van der Waals surface area contributed by atoms with Crippen LogP contribution >= 0.6 is 34.8 Å². The quantitative estimate of drug-likeness (QED) is 0.296. The van der Waals surface area contributed by atoms with Crippen molar-refractivity contribution in [3.05, 3.63) is 68.8 Å². The normalized spacial score (nSPS) is 25.3. The van der Waals surface area contributed by atoms with Crippen molar-refractivity contribution in [1.29, 1.82) is 0 Å². The van der Waals surface area contributed by atoms with Gasteiger partial charge in [-0.1, -0.05) is 73.1 Å². The van der Waals surface area contributed by atoms with Crippen LogP contribution < -0.4 is 0 Å². The zero-order valence-corrected chi connectivity index (χ0v) is 25.6. The van der Waals surface area contributed by atoms with E-state index in [9.17, 15) is 4.79 Å².